The van der Waals surface area contributed by atoms with E-state index < -0.39 is 15.6 Å². The van der Waals surface area contributed by atoms with Crippen LogP contribution in [-0.2, 0) is 20.3 Å². The van der Waals surface area contributed by atoms with Gasteiger partial charge in [-0.3, -0.25) is 9.40 Å². The molecule has 8 heteroatoms. The number of hydrogen-bond acceptors (Lipinski definition) is 4. The van der Waals surface area contributed by atoms with Crippen LogP contribution in [0.1, 0.15) is 25.8 Å². The van der Waals surface area contributed by atoms with Crippen molar-refractivity contribution in [3.05, 3.63) is 59.2 Å². The summed E-state index contributed by atoms with van der Waals surface area (Å²) in [6.07, 6.45) is 3.56. The topological polar surface area (TPSA) is 73.2 Å². The molecule has 0 saturated carbocycles. The minimum atomic E-state index is -3.40. The average Bonchev–Trinajstić information content (AvgIpc) is 3.09. The first-order valence-electron chi connectivity index (χ1n) is 9.09. The average molecular weight is 422 g/mol. The van der Waals surface area contributed by atoms with Crippen LogP contribution in [0, 0.1) is 0 Å². The van der Waals surface area contributed by atoms with Crippen molar-refractivity contribution in [3.63, 3.8) is 0 Å². The molecule has 0 aliphatic rings. The molecule has 0 aliphatic carbocycles. The van der Waals surface area contributed by atoms with Gasteiger partial charge in [0, 0.05) is 17.0 Å². The zero-order chi connectivity index (χ0) is 20.4. The van der Waals surface area contributed by atoms with Gasteiger partial charge in [-0.15, -0.1) is 0 Å². The summed E-state index contributed by atoms with van der Waals surface area (Å²) in [5, 5.41) is 6.04. The summed E-state index contributed by atoms with van der Waals surface area (Å²) < 4.78 is 33.8. The van der Waals surface area contributed by atoms with Crippen LogP contribution in [0.5, 0.6) is 0 Å². The first-order valence-corrected chi connectivity index (χ1v) is 11.4. The van der Waals surface area contributed by atoms with E-state index >= 15 is 0 Å². The predicted molar refractivity (Wildman–Crippen MR) is 114 cm³/mol. The van der Waals surface area contributed by atoms with Crippen molar-refractivity contribution < 1.29 is 13.2 Å². The van der Waals surface area contributed by atoms with Crippen LogP contribution >= 0.6 is 11.6 Å². The monoisotopic (exact) mass is 421 g/mol. The van der Waals surface area contributed by atoms with Gasteiger partial charge in [-0.25, -0.2) is 8.42 Å². The summed E-state index contributed by atoms with van der Waals surface area (Å²) >= 11 is 6.09. The predicted octanol–water partition coefficient (Wildman–Crippen LogP) is 4.25. The Labute approximate surface area is 170 Å². The fourth-order valence-corrected chi connectivity index (χ4v) is 4.14. The molecule has 0 fully saturated rings. The number of rotatable bonds is 8. The van der Waals surface area contributed by atoms with Crippen molar-refractivity contribution >= 4 is 38.2 Å². The third kappa shape index (κ3) is 4.01. The molecule has 6 nitrogen and oxygen atoms in total. The van der Waals surface area contributed by atoms with Crippen LogP contribution in [0.2, 0.25) is 5.02 Å². The summed E-state index contributed by atoms with van der Waals surface area (Å²) in [6, 6.07) is 13.2. The number of halogens is 1. The van der Waals surface area contributed by atoms with Crippen LogP contribution < -0.4 is 4.72 Å². The van der Waals surface area contributed by atoms with Crippen LogP contribution in [0.3, 0.4) is 0 Å². The van der Waals surface area contributed by atoms with E-state index in [9.17, 15) is 8.42 Å². The van der Waals surface area contributed by atoms with Gasteiger partial charge in [-0.1, -0.05) is 36.7 Å². The Bertz CT molecular complexity index is 1060. The van der Waals surface area contributed by atoms with Crippen molar-refractivity contribution in [2.75, 3.05) is 24.2 Å². The van der Waals surface area contributed by atoms with E-state index in [1.807, 2.05) is 48.0 Å². The molecule has 0 spiro atoms. The smallest absolute Gasteiger partial charge is 0.229 e. The molecule has 1 heterocycles. The minimum Gasteiger partial charge on any atom is -0.379 e. The number of benzene rings is 2. The van der Waals surface area contributed by atoms with E-state index in [2.05, 4.69) is 16.7 Å². The SMILES string of the molecule is CCOCC(CC)(c1ccc(Cl)cc1)n1ncc2c(NS(C)(=O)=O)cccc21. The van der Waals surface area contributed by atoms with Gasteiger partial charge in [0.25, 0.3) is 0 Å². The summed E-state index contributed by atoms with van der Waals surface area (Å²) in [7, 11) is -3.40. The van der Waals surface area contributed by atoms with E-state index in [1.165, 1.54) is 0 Å². The summed E-state index contributed by atoms with van der Waals surface area (Å²) in [5.74, 6) is 0. The fourth-order valence-electron chi connectivity index (χ4n) is 3.43. The maximum Gasteiger partial charge on any atom is 0.229 e. The fraction of sp³-hybridized carbons (Fsp3) is 0.350. The molecule has 1 N–H and O–H groups in total. The second-order valence-electron chi connectivity index (χ2n) is 6.70. The molecule has 0 saturated heterocycles. The van der Waals surface area contributed by atoms with Gasteiger partial charge in [0.2, 0.25) is 10.0 Å². The molecule has 0 radical (unpaired) electrons. The van der Waals surface area contributed by atoms with Gasteiger partial charge in [-0.05, 0) is 43.2 Å². The molecule has 3 aromatic rings. The van der Waals surface area contributed by atoms with E-state index in [-0.39, 0.29) is 0 Å². The van der Waals surface area contributed by atoms with Crippen molar-refractivity contribution in [1.82, 2.24) is 9.78 Å². The Kier molecular flexibility index (Phi) is 5.98. The van der Waals surface area contributed by atoms with E-state index in [4.69, 9.17) is 16.3 Å². The van der Waals surface area contributed by atoms with Crippen molar-refractivity contribution in [1.29, 1.82) is 0 Å². The molecule has 1 unspecified atom stereocenters. The van der Waals surface area contributed by atoms with Crippen LogP contribution in [0.15, 0.2) is 48.7 Å². The van der Waals surface area contributed by atoms with Crippen LogP contribution in [0.4, 0.5) is 5.69 Å². The maximum atomic E-state index is 11.7. The largest absolute Gasteiger partial charge is 0.379 e. The number of sulfonamides is 1. The molecule has 0 bridgehead atoms. The molecular formula is C20H24ClN3O3S. The zero-order valence-electron chi connectivity index (χ0n) is 16.1. The lowest BCUT2D eigenvalue weighted by molar-refractivity contribution is 0.0711. The van der Waals surface area contributed by atoms with E-state index in [1.54, 1.807) is 12.3 Å². The van der Waals surface area contributed by atoms with Crippen LogP contribution in [-0.4, -0.2) is 37.7 Å². The highest BCUT2D eigenvalue weighted by molar-refractivity contribution is 7.92. The highest BCUT2D eigenvalue weighted by Crippen LogP contribution is 2.35. The van der Waals surface area contributed by atoms with E-state index in [0.717, 1.165) is 29.1 Å². The lowest BCUT2D eigenvalue weighted by atomic mass is 9.87. The molecule has 28 heavy (non-hydrogen) atoms. The number of aromatic nitrogens is 2. The van der Waals surface area contributed by atoms with Crippen molar-refractivity contribution in [2.45, 2.75) is 25.8 Å². The van der Waals surface area contributed by atoms with Gasteiger partial charge < -0.3 is 4.74 Å². The Balaban J connectivity index is 2.21. The summed E-state index contributed by atoms with van der Waals surface area (Å²) in [6.45, 7) is 5.05. The Hall–Kier alpha value is -2.09. The molecule has 0 aliphatic heterocycles. The Morgan fingerprint density at radius 3 is 2.50 bits per heavy atom. The number of nitrogens with one attached hydrogen (secondary N) is 1. The number of anilines is 1. The molecule has 1 atom stereocenters. The standard InChI is InChI=1S/C20H24ClN3O3S/c1-4-20(14-27-5-2,15-9-11-16(21)12-10-15)24-19-8-6-7-18(17(19)13-22-24)23-28(3,25)26/h6-13,23H,4-5,14H2,1-3H3. The molecule has 0 amide bonds. The third-order valence-corrected chi connectivity index (χ3v) is 5.67. The van der Waals surface area contributed by atoms with Gasteiger partial charge in [0.05, 0.1) is 30.3 Å². The number of ether oxygens (including phenoxy) is 1. The number of hydrogen-bond donors (Lipinski definition) is 1. The molecule has 3 rings (SSSR count). The minimum absolute atomic E-state index is 0.433. The zero-order valence-corrected chi connectivity index (χ0v) is 17.7. The quantitative estimate of drug-likeness (QED) is 0.590. The van der Waals surface area contributed by atoms with Crippen molar-refractivity contribution in [2.24, 2.45) is 0 Å². The second-order valence-corrected chi connectivity index (χ2v) is 8.88. The summed E-state index contributed by atoms with van der Waals surface area (Å²) in [5.41, 5.74) is 1.81. The van der Waals surface area contributed by atoms with Gasteiger partial charge >= 0.3 is 0 Å². The molecule has 2 aromatic carbocycles. The van der Waals surface area contributed by atoms with E-state index in [0.29, 0.717) is 23.9 Å². The van der Waals surface area contributed by atoms with Gasteiger partial charge in [-0.2, -0.15) is 5.10 Å². The van der Waals surface area contributed by atoms with Gasteiger partial charge in [0.1, 0.15) is 5.54 Å². The lowest BCUT2D eigenvalue weighted by Crippen LogP contribution is -2.40. The highest BCUT2D eigenvalue weighted by Gasteiger charge is 2.35. The Morgan fingerprint density at radius 2 is 1.89 bits per heavy atom. The highest BCUT2D eigenvalue weighted by atomic mass is 35.5. The van der Waals surface area contributed by atoms with Crippen LogP contribution in [0.25, 0.3) is 10.9 Å². The number of fused-ring (bicyclic) bond motifs is 1. The van der Waals surface area contributed by atoms with Gasteiger partial charge in [0.15, 0.2) is 0 Å². The third-order valence-electron chi connectivity index (χ3n) is 4.83. The lowest BCUT2D eigenvalue weighted by Gasteiger charge is -2.34. The second kappa shape index (κ2) is 8.11. The Morgan fingerprint density at radius 1 is 1.18 bits per heavy atom. The van der Waals surface area contributed by atoms with Crippen molar-refractivity contribution in [3.8, 4) is 0 Å². The first-order chi connectivity index (χ1) is 13.3. The molecular weight excluding hydrogens is 398 g/mol. The maximum absolute atomic E-state index is 11.7. The molecule has 150 valence electrons. The normalized spacial score (nSPS) is 14.1. The summed E-state index contributed by atoms with van der Waals surface area (Å²) in [4.78, 5) is 0. The number of nitrogens with zero attached hydrogens (tertiary/aromatic N) is 2. The first kappa shape index (κ1) is 20.6. The molecule has 1 aromatic heterocycles.